The minimum atomic E-state index is 0.0146. The minimum Gasteiger partial charge on any atom is -0.382 e. The van der Waals surface area contributed by atoms with Gasteiger partial charge in [-0.2, -0.15) is 5.10 Å². The molecule has 1 fully saturated rings. The number of rotatable bonds is 5. The lowest BCUT2D eigenvalue weighted by atomic mass is 9.81. The molecule has 0 unspecified atom stereocenters. The van der Waals surface area contributed by atoms with Crippen molar-refractivity contribution in [3.63, 3.8) is 0 Å². The molecule has 2 rings (SSSR count). The van der Waals surface area contributed by atoms with Crippen molar-refractivity contribution in [2.24, 2.45) is 11.8 Å². The SMILES string of the molecule is CCC1CCC(CNC(=O)Cn2ccc(N)n2)CC1. The van der Waals surface area contributed by atoms with E-state index in [9.17, 15) is 4.79 Å². The summed E-state index contributed by atoms with van der Waals surface area (Å²) in [6.45, 7) is 3.32. The molecule has 0 atom stereocenters. The zero-order valence-electron chi connectivity index (χ0n) is 11.6. The van der Waals surface area contributed by atoms with Crippen LogP contribution in [0.3, 0.4) is 0 Å². The van der Waals surface area contributed by atoms with Gasteiger partial charge in [-0.1, -0.05) is 26.2 Å². The molecule has 0 bridgehead atoms. The van der Waals surface area contributed by atoms with Crippen LogP contribution in [-0.4, -0.2) is 22.2 Å². The van der Waals surface area contributed by atoms with E-state index >= 15 is 0 Å². The topological polar surface area (TPSA) is 72.9 Å². The smallest absolute Gasteiger partial charge is 0.241 e. The van der Waals surface area contributed by atoms with E-state index in [0.717, 1.165) is 12.5 Å². The molecule has 3 N–H and O–H groups in total. The van der Waals surface area contributed by atoms with E-state index in [1.165, 1.54) is 32.1 Å². The zero-order chi connectivity index (χ0) is 13.7. The van der Waals surface area contributed by atoms with Crippen LogP contribution in [0.25, 0.3) is 0 Å². The molecule has 0 aliphatic heterocycles. The summed E-state index contributed by atoms with van der Waals surface area (Å²) in [6, 6.07) is 1.69. The maximum Gasteiger partial charge on any atom is 0.241 e. The van der Waals surface area contributed by atoms with Crippen molar-refractivity contribution in [3.8, 4) is 0 Å². The molecule has 1 aromatic heterocycles. The molecule has 5 heteroatoms. The highest BCUT2D eigenvalue weighted by Crippen LogP contribution is 2.29. The summed E-state index contributed by atoms with van der Waals surface area (Å²) in [6.07, 6.45) is 8.13. The molecule has 1 aliphatic carbocycles. The fraction of sp³-hybridized carbons (Fsp3) is 0.714. The summed E-state index contributed by atoms with van der Waals surface area (Å²) in [5.74, 6) is 2.01. The third-order valence-electron chi connectivity index (χ3n) is 4.10. The Hall–Kier alpha value is -1.52. The second-order valence-electron chi connectivity index (χ2n) is 5.54. The van der Waals surface area contributed by atoms with Gasteiger partial charge in [0, 0.05) is 12.7 Å². The zero-order valence-corrected chi connectivity index (χ0v) is 11.6. The Morgan fingerprint density at radius 1 is 1.42 bits per heavy atom. The number of carbonyl (C=O) groups excluding carboxylic acids is 1. The second kappa shape index (κ2) is 6.59. The van der Waals surface area contributed by atoms with Crippen molar-refractivity contribution in [1.29, 1.82) is 0 Å². The normalized spacial score (nSPS) is 23.2. The standard InChI is InChI=1S/C14H24N4O/c1-2-11-3-5-12(6-4-11)9-16-14(19)10-18-8-7-13(15)17-18/h7-8,11-12H,2-6,9-10H2,1H3,(H2,15,17)(H,16,19). The summed E-state index contributed by atoms with van der Waals surface area (Å²) >= 11 is 0. The van der Waals surface area contributed by atoms with Crippen LogP contribution in [0.1, 0.15) is 39.0 Å². The average molecular weight is 264 g/mol. The lowest BCUT2D eigenvalue weighted by molar-refractivity contribution is -0.122. The van der Waals surface area contributed by atoms with Gasteiger partial charge in [-0.15, -0.1) is 0 Å². The Morgan fingerprint density at radius 2 is 2.11 bits per heavy atom. The van der Waals surface area contributed by atoms with E-state index in [4.69, 9.17) is 5.73 Å². The molecule has 19 heavy (non-hydrogen) atoms. The maximum atomic E-state index is 11.8. The van der Waals surface area contributed by atoms with Gasteiger partial charge in [0.2, 0.25) is 5.91 Å². The Bertz CT molecular complexity index is 407. The molecule has 1 amide bonds. The van der Waals surface area contributed by atoms with Crippen LogP contribution in [-0.2, 0) is 11.3 Å². The molecule has 0 radical (unpaired) electrons. The Morgan fingerprint density at radius 3 is 2.68 bits per heavy atom. The first-order valence-electron chi connectivity index (χ1n) is 7.23. The Labute approximate surface area is 114 Å². The highest BCUT2D eigenvalue weighted by Gasteiger charge is 2.20. The number of nitrogen functional groups attached to an aromatic ring is 1. The number of hydrogen-bond acceptors (Lipinski definition) is 3. The summed E-state index contributed by atoms with van der Waals surface area (Å²) in [4.78, 5) is 11.8. The minimum absolute atomic E-state index is 0.0146. The molecule has 1 heterocycles. The van der Waals surface area contributed by atoms with Gasteiger partial charge in [-0.05, 0) is 30.7 Å². The number of nitrogens with one attached hydrogen (secondary N) is 1. The van der Waals surface area contributed by atoms with E-state index < -0.39 is 0 Å². The first-order valence-corrected chi connectivity index (χ1v) is 7.23. The van der Waals surface area contributed by atoms with Crippen LogP contribution in [0.5, 0.6) is 0 Å². The summed E-state index contributed by atoms with van der Waals surface area (Å²) in [7, 11) is 0. The van der Waals surface area contributed by atoms with Crippen molar-refractivity contribution >= 4 is 11.7 Å². The van der Waals surface area contributed by atoms with Gasteiger partial charge < -0.3 is 11.1 Å². The first kappa shape index (κ1) is 13.9. The Kier molecular flexibility index (Phi) is 4.82. The Balaban J connectivity index is 1.67. The molecule has 5 nitrogen and oxygen atoms in total. The van der Waals surface area contributed by atoms with Crippen LogP contribution in [0.2, 0.25) is 0 Å². The van der Waals surface area contributed by atoms with Gasteiger partial charge in [-0.25, -0.2) is 0 Å². The predicted molar refractivity (Wildman–Crippen MR) is 75.4 cm³/mol. The largest absolute Gasteiger partial charge is 0.382 e. The number of anilines is 1. The molecule has 106 valence electrons. The molecular formula is C14H24N4O. The van der Waals surface area contributed by atoms with E-state index in [1.807, 2.05) is 0 Å². The number of nitrogens with two attached hydrogens (primary N) is 1. The number of carbonyl (C=O) groups is 1. The summed E-state index contributed by atoms with van der Waals surface area (Å²) in [5, 5.41) is 7.00. The fourth-order valence-corrected chi connectivity index (χ4v) is 2.77. The molecular weight excluding hydrogens is 240 g/mol. The maximum absolute atomic E-state index is 11.8. The predicted octanol–water partition coefficient (Wildman–Crippen LogP) is 1.80. The molecule has 0 saturated heterocycles. The van der Waals surface area contributed by atoms with Gasteiger partial charge in [0.1, 0.15) is 12.4 Å². The number of nitrogens with zero attached hydrogens (tertiary/aromatic N) is 2. The molecule has 1 aromatic rings. The van der Waals surface area contributed by atoms with Crippen molar-refractivity contribution in [3.05, 3.63) is 12.3 Å². The summed E-state index contributed by atoms with van der Waals surface area (Å²) in [5.41, 5.74) is 5.51. The van der Waals surface area contributed by atoms with Crippen LogP contribution in [0.15, 0.2) is 12.3 Å². The van der Waals surface area contributed by atoms with E-state index in [0.29, 0.717) is 11.7 Å². The third kappa shape index (κ3) is 4.26. The molecule has 0 aromatic carbocycles. The van der Waals surface area contributed by atoms with Crippen molar-refractivity contribution in [2.75, 3.05) is 12.3 Å². The van der Waals surface area contributed by atoms with Crippen LogP contribution < -0.4 is 11.1 Å². The van der Waals surface area contributed by atoms with Gasteiger partial charge in [-0.3, -0.25) is 9.48 Å². The number of aromatic nitrogens is 2. The van der Waals surface area contributed by atoms with Gasteiger partial charge in [0.15, 0.2) is 0 Å². The second-order valence-corrected chi connectivity index (χ2v) is 5.54. The van der Waals surface area contributed by atoms with Crippen molar-refractivity contribution < 1.29 is 4.79 Å². The quantitative estimate of drug-likeness (QED) is 0.851. The lowest BCUT2D eigenvalue weighted by Gasteiger charge is -2.27. The third-order valence-corrected chi connectivity index (χ3v) is 4.10. The van der Waals surface area contributed by atoms with Crippen LogP contribution in [0, 0.1) is 11.8 Å². The number of amides is 1. The van der Waals surface area contributed by atoms with Gasteiger partial charge in [0.25, 0.3) is 0 Å². The highest BCUT2D eigenvalue weighted by atomic mass is 16.2. The number of hydrogen-bond donors (Lipinski definition) is 2. The average Bonchev–Trinajstić information content (AvgIpc) is 2.82. The van der Waals surface area contributed by atoms with Gasteiger partial charge >= 0.3 is 0 Å². The van der Waals surface area contributed by atoms with Crippen molar-refractivity contribution in [1.82, 2.24) is 15.1 Å². The fourth-order valence-electron chi connectivity index (χ4n) is 2.77. The van der Waals surface area contributed by atoms with Crippen molar-refractivity contribution in [2.45, 2.75) is 45.6 Å². The van der Waals surface area contributed by atoms with Crippen LogP contribution in [0.4, 0.5) is 5.82 Å². The lowest BCUT2D eigenvalue weighted by Crippen LogP contribution is -2.33. The van der Waals surface area contributed by atoms with E-state index in [2.05, 4.69) is 17.3 Å². The van der Waals surface area contributed by atoms with Gasteiger partial charge in [0.05, 0.1) is 0 Å². The monoisotopic (exact) mass is 264 g/mol. The molecule has 1 aliphatic rings. The summed E-state index contributed by atoms with van der Waals surface area (Å²) < 4.78 is 1.57. The molecule has 0 spiro atoms. The highest BCUT2D eigenvalue weighted by molar-refractivity contribution is 5.75. The van der Waals surface area contributed by atoms with E-state index in [1.54, 1.807) is 16.9 Å². The first-order chi connectivity index (χ1) is 9.17. The van der Waals surface area contributed by atoms with E-state index in [-0.39, 0.29) is 12.5 Å². The molecule has 1 saturated carbocycles. The van der Waals surface area contributed by atoms with Crippen LogP contribution >= 0.6 is 0 Å².